The quantitative estimate of drug-likeness (QED) is 0.745. The minimum absolute atomic E-state index is 0.752. The summed E-state index contributed by atoms with van der Waals surface area (Å²) in [6.45, 7) is 1.17. The molecule has 1 aromatic carbocycles. The average molecular weight is 239 g/mol. The predicted octanol–water partition coefficient (Wildman–Crippen LogP) is 4.46. The molecule has 0 radical (unpaired) electrons. The van der Waals surface area contributed by atoms with Crippen molar-refractivity contribution in [3.05, 3.63) is 60.4 Å². The summed E-state index contributed by atoms with van der Waals surface area (Å²) in [4.78, 5) is 0. The molecule has 1 fully saturated rings. The fourth-order valence-corrected chi connectivity index (χ4v) is 3.33. The lowest BCUT2D eigenvalue weighted by Gasteiger charge is -2.32. The monoisotopic (exact) mass is 239 g/mol. The van der Waals surface area contributed by atoms with Crippen LogP contribution in [-0.4, -0.2) is 4.57 Å². The van der Waals surface area contributed by atoms with Crippen molar-refractivity contribution < 1.29 is 0 Å². The third kappa shape index (κ3) is 2.50. The van der Waals surface area contributed by atoms with Crippen LogP contribution < -0.4 is 0 Å². The Morgan fingerprint density at radius 1 is 0.889 bits per heavy atom. The number of hydrogen-bond donors (Lipinski definition) is 0. The maximum atomic E-state index is 2.34. The summed E-state index contributed by atoms with van der Waals surface area (Å²) >= 11 is 0. The van der Waals surface area contributed by atoms with Gasteiger partial charge in [0.1, 0.15) is 0 Å². The van der Waals surface area contributed by atoms with E-state index in [-0.39, 0.29) is 0 Å². The lowest BCUT2D eigenvalue weighted by atomic mass is 9.75. The second-order valence-electron chi connectivity index (χ2n) is 5.44. The van der Waals surface area contributed by atoms with Crippen molar-refractivity contribution in [2.24, 2.45) is 5.92 Å². The highest BCUT2D eigenvalue weighted by Gasteiger charge is 2.26. The van der Waals surface area contributed by atoms with Gasteiger partial charge in [-0.3, -0.25) is 0 Å². The Kier molecular flexibility index (Phi) is 3.49. The zero-order chi connectivity index (χ0) is 12.2. The smallest absolute Gasteiger partial charge is 0.0253 e. The molecule has 94 valence electrons. The van der Waals surface area contributed by atoms with Crippen molar-refractivity contribution in [3.8, 4) is 0 Å². The molecule has 1 heterocycles. The molecule has 0 bridgehead atoms. The molecular weight excluding hydrogens is 218 g/mol. The third-order valence-corrected chi connectivity index (χ3v) is 4.25. The molecule has 2 atom stereocenters. The summed E-state index contributed by atoms with van der Waals surface area (Å²) < 4.78 is 2.34. The van der Waals surface area contributed by atoms with Crippen LogP contribution >= 0.6 is 0 Å². The summed E-state index contributed by atoms with van der Waals surface area (Å²) in [7, 11) is 0. The summed E-state index contributed by atoms with van der Waals surface area (Å²) in [6.07, 6.45) is 9.90. The number of benzene rings is 1. The van der Waals surface area contributed by atoms with Crippen molar-refractivity contribution in [2.75, 3.05) is 0 Å². The Labute approximate surface area is 109 Å². The van der Waals surface area contributed by atoms with Gasteiger partial charge >= 0.3 is 0 Å². The van der Waals surface area contributed by atoms with Crippen molar-refractivity contribution in [1.82, 2.24) is 4.57 Å². The maximum absolute atomic E-state index is 2.34. The van der Waals surface area contributed by atoms with Gasteiger partial charge in [-0.2, -0.15) is 0 Å². The van der Waals surface area contributed by atoms with E-state index >= 15 is 0 Å². The van der Waals surface area contributed by atoms with E-state index in [9.17, 15) is 0 Å². The number of aromatic nitrogens is 1. The first-order chi connectivity index (χ1) is 8.93. The number of rotatable bonds is 3. The van der Waals surface area contributed by atoms with Gasteiger partial charge in [-0.25, -0.2) is 0 Å². The minimum atomic E-state index is 0.752. The van der Waals surface area contributed by atoms with Crippen LogP contribution in [0.2, 0.25) is 0 Å². The molecule has 1 aliphatic carbocycles. The Hall–Kier alpha value is -1.50. The van der Waals surface area contributed by atoms with Crippen LogP contribution in [0.3, 0.4) is 0 Å². The van der Waals surface area contributed by atoms with E-state index in [0.717, 1.165) is 11.8 Å². The van der Waals surface area contributed by atoms with Crippen LogP contribution in [0, 0.1) is 5.92 Å². The van der Waals surface area contributed by atoms with Crippen LogP contribution in [0.1, 0.15) is 37.2 Å². The first-order valence-electron chi connectivity index (χ1n) is 7.09. The molecule has 1 unspecified atom stereocenters. The second kappa shape index (κ2) is 5.43. The van der Waals surface area contributed by atoms with Crippen LogP contribution in [0.25, 0.3) is 0 Å². The van der Waals surface area contributed by atoms with Crippen LogP contribution in [0.4, 0.5) is 0 Å². The molecule has 18 heavy (non-hydrogen) atoms. The fraction of sp³-hybridized carbons (Fsp3) is 0.412. The Bertz CT molecular complexity index is 458. The molecule has 1 heteroatoms. The summed E-state index contributed by atoms with van der Waals surface area (Å²) in [5, 5.41) is 0. The van der Waals surface area contributed by atoms with Gasteiger partial charge in [0.25, 0.3) is 0 Å². The average Bonchev–Trinajstić information content (AvgIpc) is 2.93. The lowest BCUT2D eigenvalue weighted by molar-refractivity contribution is 0.274. The highest BCUT2D eigenvalue weighted by atomic mass is 14.9. The van der Waals surface area contributed by atoms with Crippen molar-refractivity contribution in [3.63, 3.8) is 0 Å². The highest BCUT2D eigenvalue weighted by Crippen LogP contribution is 2.38. The van der Waals surface area contributed by atoms with E-state index in [1.165, 1.54) is 37.8 Å². The zero-order valence-corrected chi connectivity index (χ0v) is 10.8. The third-order valence-electron chi connectivity index (χ3n) is 4.25. The van der Waals surface area contributed by atoms with E-state index in [1.807, 2.05) is 0 Å². The van der Waals surface area contributed by atoms with E-state index in [4.69, 9.17) is 0 Å². The summed E-state index contributed by atoms with van der Waals surface area (Å²) in [6, 6.07) is 15.3. The molecule has 1 saturated carbocycles. The Morgan fingerprint density at radius 3 is 2.39 bits per heavy atom. The Morgan fingerprint density at radius 2 is 1.61 bits per heavy atom. The first kappa shape index (κ1) is 11.6. The minimum Gasteiger partial charge on any atom is -0.354 e. The van der Waals surface area contributed by atoms with Crippen molar-refractivity contribution in [1.29, 1.82) is 0 Å². The standard InChI is InChI=1S/C17H21N/c1-2-8-15(9-3-1)17-11-5-4-10-16(17)14-18-12-6-7-13-18/h1-3,6-9,12-13,16-17H,4-5,10-11,14H2/t16?,17-/m1/s1. The molecule has 0 spiro atoms. The molecule has 0 N–H and O–H groups in total. The van der Waals surface area contributed by atoms with Gasteiger partial charge in [-0.05, 0) is 42.4 Å². The van der Waals surface area contributed by atoms with E-state index in [2.05, 4.69) is 59.4 Å². The molecule has 1 aliphatic rings. The maximum Gasteiger partial charge on any atom is 0.0253 e. The molecule has 1 aromatic heterocycles. The van der Waals surface area contributed by atoms with Crippen molar-refractivity contribution in [2.45, 2.75) is 38.1 Å². The lowest BCUT2D eigenvalue weighted by Crippen LogP contribution is -2.22. The fourth-order valence-electron chi connectivity index (χ4n) is 3.33. The van der Waals surface area contributed by atoms with E-state index in [0.29, 0.717) is 0 Å². The SMILES string of the molecule is c1ccc([C@H]2CCCCC2Cn2cccc2)cc1. The highest BCUT2D eigenvalue weighted by molar-refractivity contribution is 5.20. The molecule has 1 nitrogen and oxygen atoms in total. The molecule has 2 aromatic rings. The normalized spacial score (nSPS) is 24.0. The summed E-state index contributed by atoms with van der Waals surface area (Å²) in [5.41, 5.74) is 1.54. The topological polar surface area (TPSA) is 4.93 Å². The number of hydrogen-bond acceptors (Lipinski definition) is 0. The molecule has 3 rings (SSSR count). The molecular formula is C17H21N. The summed E-state index contributed by atoms with van der Waals surface area (Å²) in [5.74, 6) is 1.55. The van der Waals surface area contributed by atoms with Gasteiger partial charge in [0, 0.05) is 18.9 Å². The molecule has 0 aliphatic heterocycles. The van der Waals surface area contributed by atoms with Crippen LogP contribution in [0.5, 0.6) is 0 Å². The van der Waals surface area contributed by atoms with Gasteiger partial charge in [0.05, 0.1) is 0 Å². The second-order valence-corrected chi connectivity index (χ2v) is 5.44. The van der Waals surface area contributed by atoms with E-state index in [1.54, 1.807) is 0 Å². The van der Waals surface area contributed by atoms with Gasteiger partial charge in [0.15, 0.2) is 0 Å². The van der Waals surface area contributed by atoms with Crippen LogP contribution in [0.15, 0.2) is 54.9 Å². The van der Waals surface area contributed by atoms with E-state index < -0.39 is 0 Å². The molecule has 0 saturated heterocycles. The molecule has 0 amide bonds. The Balaban J connectivity index is 1.78. The van der Waals surface area contributed by atoms with Gasteiger partial charge in [-0.1, -0.05) is 43.2 Å². The van der Waals surface area contributed by atoms with Gasteiger partial charge in [0.2, 0.25) is 0 Å². The van der Waals surface area contributed by atoms with Gasteiger partial charge < -0.3 is 4.57 Å². The first-order valence-corrected chi connectivity index (χ1v) is 7.09. The number of nitrogens with zero attached hydrogens (tertiary/aromatic N) is 1. The van der Waals surface area contributed by atoms with Crippen molar-refractivity contribution >= 4 is 0 Å². The largest absolute Gasteiger partial charge is 0.354 e. The predicted molar refractivity (Wildman–Crippen MR) is 75.6 cm³/mol. The van der Waals surface area contributed by atoms with Gasteiger partial charge in [-0.15, -0.1) is 0 Å². The zero-order valence-electron chi connectivity index (χ0n) is 10.8. The van der Waals surface area contributed by atoms with Crippen LogP contribution in [-0.2, 0) is 6.54 Å².